The average molecular weight is 523 g/mol. The highest BCUT2D eigenvalue weighted by Crippen LogP contribution is 2.20. The van der Waals surface area contributed by atoms with Gasteiger partial charge in [-0.3, -0.25) is 0 Å². The highest BCUT2D eigenvalue weighted by Gasteiger charge is 2.07. The molecule has 4 aromatic rings. The molecule has 1 heterocycles. The van der Waals surface area contributed by atoms with Gasteiger partial charge in [0.1, 0.15) is 5.75 Å². The molecule has 0 aliphatic rings. The number of para-hydroxylation sites is 2. The molecule has 0 bridgehead atoms. The molecule has 0 saturated carbocycles. The van der Waals surface area contributed by atoms with Crippen molar-refractivity contribution in [2.75, 3.05) is 16.1 Å². The Kier molecular flexibility index (Phi) is 6.53. The van der Waals surface area contributed by atoms with Crippen LogP contribution in [0.5, 0.6) is 5.75 Å². The van der Waals surface area contributed by atoms with Crippen molar-refractivity contribution in [3.8, 4) is 5.75 Å². The second-order valence-corrected chi connectivity index (χ2v) is 7.61. The lowest BCUT2D eigenvalue weighted by Gasteiger charge is -2.10. The number of hydrogen-bond acceptors (Lipinski definition) is 8. The molecule has 0 saturated heterocycles. The van der Waals surface area contributed by atoms with Crippen molar-refractivity contribution in [2.24, 2.45) is 5.10 Å². The Labute approximate surface area is 192 Å². The Bertz CT molecular complexity index is 1130. The van der Waals surface area contributed by atoms with Crippen molar-refractivity contribution in [1.29, 1.82) is 0 Å². The first-order chi connectivity index (χ1) is 15.2. The molecule has 4 N–H and O–H groups in total. The number of rotatable bonds is 7. The number of hydrazone groups is 1. The number of anilines is 5. The number of phenols is 1. The van der Waals surface area contributed by atoms with E-state index in [4.69, 9.17) is 0 Å². The third-order valence-corrected chi connectivity index (χ3v) is 4.72. The number of phenolic OH excluding ortho intramolecular Hbond substituents is 1. The topological polar surface area (TPSA) is 107 Å². The zero-order valence-corrected chi connectivity index (χ0v) is 18.4. The highest BCUT2D eigenvalue weighted by molar-refractivity contribution is 14.1. The first-order valence-electron chi connectivity index (χ1n) is 9.33. The molecule has 0 spiro atoms. The second kappa shape index (κ2) is 9.85. The summed E-state index contributed by atoms with van der Waals surface area (Å²) >= 11 is 2.17. The molecule has 1 aromatic heterocycles. The van der Waals surface area contributed by atoms with Crippen molar-refractivity contribution in [2.45, 2.75) is 0 Å². The van der Waals surface area contributed by atoms with E-state index in [-0.39, 0.29) is 11.7 Å². The van der Waals surface area contributed by atoms with Gasteiger partial charge in [-0.25, -0.2) is 5.43 Å². The van der Waals surface area contributed by atoms with Gasteiger partial charge in [0.15, 0.2) is 0 Å². The maximum absolute atomic E-state index is 9.97. The monoisotopic (exact) mass is 523 g/mol. The Morgan fingerprint density at radius 1 is 0.742 bits per heavy atom. The van der Waals surface area contributed by atoms with E-state index >= 15 is 0 Å². The largest absolute Gasteiger partial charge is 0.507 e. The number of benzene rings is 3. The van der Waals surface area contributed by atoms with E-state index in [0.29, 0.717) is 17.5 Å². The van der Waals surface area contributed by atoms with Gasteiger partial charge in [-0.1, -0.05) is 36.4 Å². The summed E-state index contributed by atoms with van der Waals surface area (Å²) in [6, 6.07) is 24.5. The van der Waals surface area contributed by atoms with E-state index in [2.05, 4.69) is 58.7 Å². The second-order valence-electron chi connectivity index (χ2n) is 6.36. The van der Waals surface area contributed by atoms with Gasteiger partial charge in [0.05, 0.1) is 6.21 Å². The van der Waals surface area contributed by atoms with Crippen molar-refractivity contribution >= 4 is 58.0 Å². The quantitative estimate of drug-likeness (QED) is 0.151. The molecule has 0 amide bonds. The predicted molar refractivity (Wildman–Crippen MR) is 131 cm³/mol. The summed E-state index contributed by atoms with van der Waals surface area (Å²) in [6.07, 6.45) is 1.51. The van der Waals surface area contributed by atoms with Crippen LogP contribution in [0.25, 0.3) is 0 Å². The lowest BCUT2D eigenvalue weighted by atomic mass is 10.2. The number of halogens is 1. The van der Waals surface area contributed by atoms with E-state index in [1.165, 1.54) is 6.21 Å². The first-order valence-corrected chi connectivity index (χ1v) is 10.4. The highest BCUT2D eigenvalue weighted by atomic mass is 127. The van der Waals surface area contributed by atoms with Gasteiger partial charge in [0.2, 0.25) is 17.8 Å². The van der Waals surface area contributed by atoms with Crippen LogP contribution < -0.4 is 16.1 Å². The zero-order valence-electron chi connectivity index (χ0n) is 16.2. The standard InChI is InChI=1S/C22H18IN7O/c23-16-11-12-19(31)15(13-16)14-24-30-22-28-20(25-17-7-3-1-4-8-17)27-21(29-22)26-18-9-5-2-6-10-18/h1-14,31H,(H3,25,26,27,28,29,30)/b24-14+. The molecular weight excluding hydrogens is 505 g/mol. The molecule has 9 heteroatoms. The van der Waals surface area contributed by atoms with E-state index in [1.54, 1.807) is 6.07 Å². The predicted octanol–water partition coefficient (Wildman–Crippen LogP) is 5.12. The molecule has 154 valence electrons. The number of aromatic nitrogens is 3. The fraction of sp³-hybridized carbons (Fsp3) is 0. The Balaban J connectivity index is 1.59. The molecule has 3 aromatic carbocycles. The van der Waals surface area contributed by atoms with Gasteiger partial charge in [0.25, 0.3) is 0 Å². The normalized spacial score (nSPS) is 10.7. The van der Waals surface area contributed by atoms with Gasteiger partial charge < -0.3 is 15.7 Å². The van der Waals surface area contributed by atoms with Crippen LogP contribution in [-0.4, -0.2) is 26.3 Å². The van der Waals surface area contributed by atoms with Crippen LogP contribution in [0.2, 0.25) is 0 Å². The van der Waals surface area contributed by atoms with Crippen LogP contribution in [0, 0.1) is 3.57 Å². The number of aromatic hydroxyl groups is 1. The van der Waals surface area contributed by atoms with Crippen LogP contribution >= 0.6 is 22.6 Å². The van der Waals surface area contributed by atoms with Crippen LogP contribution in [0.15, 0.2) is 84.0 Å². The summed E-state index contributed by atoms with van der Waals surface area (Å²) in [4.78, 5) is 13.2. The van der Waals surface area contributed by atoms with Gasteiger partial charge >= 0.3 is 0 Å². The van der Waals surface area contributed by atoms with Gasteiger partial charge in [-0.15, -0.1) is 0 Å². The van der Waals surface area contributed by atoms with Crippen molar-refractivity contribution in [3.05, 3.63) is 88.0 Å². The molecule has 0 unspecified atom stereocenters. The number of nitrogens with zero attached hydrogens (tertiary/aromatic N) is 4. The molecular formula is C22H18IN7O. The smallest absolute Gasteiger partial charge is 0.250 e. The molecule has 0 aliphatic carbocycles. The molecule has 8 nitrogen and oxygen atoms in total. The minimum atomic E-state index is 0.138. The van der Waals surface area contributed by atoms with Gasteiger partial charge in [-0.05, 0) is 65.1 Å². The summed E-state index contributed by atoms with van der Waals surface area (Å²) in [5.41, 5.74) is 5.08. The average Bonchev–Trinajstić information content (AvgIpc) is 2.77. The zero-order chi connectivity index (χ0) is 21.5. The van der Waals surface area contributed by atoms with Gasteiger partial charge in [0, 0.05) is 20.5 Å². The van der Waals surface area contributed by atoms with Crippen molar-refractivity contribution < 1.29 is 5.11 Å². The lowest BCUT2D eigenvalue weighted by molar-refractivity contribution is 0.474. The third-order valence-electron chi connectivity index (χ3n) is 4.05. The summed E-state index contributed by atoms with van der Waals surface area (Å²) in [7, 11) is 0. The first kappa shape index (κ1) is 20.5. The van der Waals surface area contributed by atoms with Crippen molar-refractivity contribution in [1.82, 2.24) is 15.0 Å². The molecule has 0 fully saturated rings. The maximum Gasteiger partial charge on any atom is 0.250 e. The van der Waals surface area contributed by atoms with E-state index in [0.717, 1.165) is 14.9 Å². The van der Waals surface area contributed by atoms with Crippen LogP contribution in [0.3, 0.4) is 0 Å². The molecule has 31 heavy (non-hydrogen) atoms. The Morgan fingerprint density at radius 2 is 1.29 bits per heavy atom. The minimum Gasteiger partial charge on any atom is -0.507 e. The Hall–Kier alpha value is -3.73. The maximum atomic E-state index is 9.97. The van der Waals surface area contributed by atoms with E-state index in [1.807, 2.05) is 72.8 Å². The summed E-state index contributed by atoms with van der Waals surface area (Å²) in [5.74, 6) is 1.09. The third kappa shape index (κ3) is 5.89. The summed E-state index contributed by atoms with van der Waals surface area (Å²) < 4.78 is 0.987. The fourth-order valence-electron chi connectivity index (χ4n) is 2.63. The van der Waals surface area contributed by atoms with Crippen LogP contribution in [0.4, 0.5) is 29.2 Å². The van der Waals surface area contributed by atoms with E-state index < -0.39 is 0 Å². The molecule has 0 atom stereocenters. The van der Waals surface area contributed by atoms with E-state index in [9.17, 15) is 5.11 Å². The SMILES string of the molecule is Oc1ccc(I)cc1/C=N/Nc1nc(Nc2ccccc2)nc(Nc2ccccc2)n1. The molecule has 0 radical (unpaired) electrons. The fourth-order valence-corrected chi connectivity index (χ4v) is 3.14. The number of hydrogen-bond donors (Lipinski definition) is 4. The summed E-state index contributed by atoms with van der Waals surface area (Å²) in [5, 5.41) is 20.4. The van der Waals surface area contributed by atoms with Crippen LogP contribution in [0.1, 0.15) is 5.56 Å². The molecule has 0 aliphatic heterocycles. The lowest BCUT2D eigenvalue weighted by Crippen LogP contribution is -2.07. The van der Waals surface area contributed by atoms with Crippen LogP contribution in [-0.2, 0) is 0 Å². The summed E-state index contributed by atoms with van der Waals surface area (Å²) in [6.45, 7) is 0. The number of nitrogens with one attached hydrogen (secondary N) is 3. The van der Waals surface area contributed by atoms with Gasteiger partial charge in [-0.2, -0.15) is 20.1 Å². The minimum absolute atomic E-state index is 0.138. The Morgan fingerprint density at radius 3 is 1.87 bits per heavy atom. The van der Waals surface area contributed by atoms with Crippen molar-refractivity contribution in [3.63, 3.8) is 0 Å². The molecule has 4 rings (SSSR count).